The van der Waals surface area contributed by atoms with Crippen molar-refractivity contribution in [3.63, 3.8) is 0 Å². The molecule has 2 amide bonds. The van der Waals surface area contributed by atoms with E-state index in [1.165, 1.54) is 16.4 Å². The van der Waals surface area contributed by atoms with E-state index in [0.717, 1.165) is 5.56 Å². The fraction of sp³-hybridized carbons (Fsp3) is 0.440. The summed E-state index contributed by atoms with van der Waals surface area (Å²) in [6, 6.07) is 14.7. The molecule has 1 aliphatic rings. The fourth-order valence-electron chi connectivity index (χ4n) is 3.95. The molecule has 3 rings (SSSR count). The first-order valence-electron chi connectivity index (χ1n) is 11.5. The van der Waals surface area contributed by atoms with Gasteiger partial charge in [-0.25, -0.2) is 8.42 Å². The van der Waals surface area contributed by atoms with Crippen molar-refractivity contribution in [1.29, 1.82) is 0 Å². The maximum absolute atomic E-state index is 13.0. The number of carbonyl (C=O) groups excluding carboxylic acids is 2. The van der Waals surface area contributed by atoms with Gasteiger partial charge >= 0.3 is 0 Å². The average Bonchev–Trinajstić information content (AvgIpc) is 2.77. The number of rotatable bonds is 8. The number of benzene rings is 2. The van der Waals surface area contributed by atoms with Crippen LogP contribution in [0.5, 0.6) is 0 Å². The summed E-state index contributed by atoms with van der Waals surface area (Å²) in [7, 11) is -3.66. The van der Waals surface area contributed by atoms with Crippen LogP contribution in [-0.2, 0) is 30.8 Å². The Morgan fingerprint density at radius 2 is 1.59 bits per heavy atom. The lowest BCUT2D eigenvalue weighted by molar-refractivity contribution is -0.127. The molecule has 0 saturated carbocycles. The van der Waals surface area contributed by atoms with Crippen LogP contribution in [0, 0.1) is 5.92 Å². The molecule has 0 aliphatic carbocycles. The van der Waals surface area contributed by atoms with Crippen molar-refractivity contribution in [2.75, 3.05) is 18.4 Å². The molecular weight excluding hydrogens is 454 g/mol. The molecule has 2 N–H and O–H groups in total. The minimum absolute atomic E-state index is 0.135. The molecule has 1 saturated heterocycles. The van der Waals surface area contributed by atoms with Gasteiger partial charge in [-0.05, 0) is 49.6 Å². The van der Waals surface area contributed by atoms with E-state index < -0.39 is 16.1 Å². The molecule has 3 atom stereocenters. The summed E-state index contributed by atoms with van der Waals surface area (Å²) in [4.78, 5) is 25.5. The van der Waals surface area contributed by atoms with E-state index in [9.17, 15) is 18.0 Å². The van der Waals surface area contributed by atoms with Crippen LogP contribution in [0.25, 0.3) is 0 Å². The van der Waals surface area contributed by atoms with Crippen LogP contribution in [0.4, 0.5) is 5.69 Å². The first-order chi connectivity index (χ1) is 16.1. The van der Waals surface area contributed by atoms with Gasteiger partial charge < -0.3 is 15.4 Å². The van der Waals surface area contributed by atoms with Gasteiger partial charge in [0.1, 0.15) is 6.04 Å². The topological polar surface area (TPSA) is 105 Å². The van der Waals surface area contributed by atoms with Crippen LogP contribution in [0.3, 0.4) is 0 Å². The third kappa shape index (κ3) is 6.65. The number of hydrogen-bond acceptors (Lipinski definition) is 5. The van der Waals surface area contributed by atoms with Crippen molar-refractivity contribution in [2.45, 2.75) is 57.3 Å². The monoisotopic (exact) mass is 487 g/mol. The number of anilines is 1. The molecule has 2 aromatic rings. The van der Waals surface area contributed by atoms with E-state index in [0.29, 0.717) is 18.8 Å². The summed E-state index contributed by atoms with van der Waals surface area (Å²) in [5.41, 5.74) is 1.32. The van der Waals surface area contributed by atoms with Crippen molar-refractivity contribution in [3.8, 4) is 0 Å². The van der Waals surface area contributed by atoms with Crippen molar-refractivity contribution in [2.24, 2.45) is 5.92 Å². The number of amides is 2. The first-order valence-corrected chi connectivity index (χ1v) is 12.9. The zero-order chi connectivity index (χ0) is 24.9. The second-order valence-corrected chi connectivity index (χ2v) is 11.0. The molecule has 0 radical (unpaired) electrons. The molecular formula is C25H33N3O5S. The molecule has 0 aromatic heterocycles. The van der Waals surface area contributed by atoms with E-state index in [1.807, 2.05) is 58.0 Å². The quantitative estimate of drug-likeness (QED) is 0.596. The van der Waals surface area contributed by atoms with Gasteiger partial charge in [0.15, 0.2) is 0 Å². The van der Waals surface area contributed by atoms with E-state index in [1.54, 1.807) is 12.1 Å². The molecule has 9 heteroatoms. The minimum Gasteiger partial charge on any atom is -0.373 e. The predicted molar refractivity (Wildman–Crippen MR) is 131 cm³/mol. The molecule has 184 valence electrons. The van der Waals surface area contributed by atoms with E-state index in [-0.39, 0.29) is 41.3 Å². The Hall–Kier alpha value is -2.75. The molecule has 1 fully saturated rings. The maximum atomic E-state index is 13.0. The Bertz CT molecular complexity index is 1080. The van der Waals surface area contributed by atoms with Crippen LogP contribution < -0.4 is 10.6 Å². The lowest BCUT2D eigenvalue weighted by atomic mass is 10.0. The maximum Gasteiger partial charge on any atom is 0.247 e. The highest BCUT2D eigenvalue weighted by atomic mass is 32.2. The van der Waals surface area contributed by atoms with Gasteiger partial charge in [0.2, 0.25) is 21.8 Å². The standard InChI is InChI=1S/C25H33N3O5S/c1-17(2)24(27-23(29)14-20-8-6-5-7-9-20)25(30)26-21-10-12-22(13-11-21)34(31,32)28-15-18(3)33-19(4)16-28/h5-13,17-19,24H,14-16H2,1-4H3,(H,26,30)(H,27,29)/t18-,19-,24+/m1/s1. The number of sulfonamides is 1. The normalized spacial score (nSPS) is 20.0. The Balaban J connectivity index is 1.64. The zero-order valence-electron chi connectivity index (χ0n) is 20.0. The van der Waals surface area contributed by atoms with Gasteiger partial charge in [0.05, 0.1) is 23.5 Å². The summed E-state index contributed by atoms with van der Waals surface area (Å²) in [5.74, 6) is -0.733. The van der Waals surface area contributed by atoms with Gasteiger partial charge in [-0.3, -0.25) is 9.59 Å². The number of hydrogen-bond donors (Lipinski definition) is 2. The Morgan fingerprint density at radius 1 is 1.00 bits per heavy atom. The fourth-order valence-corrected chi connectivity index (χ4v) is 5.54. The molecule has 0 spiro atoms. The Kier molecular flexibility index (Phi) is 8.46. The molecule has 2 aromatic carbocycles. The van der Waals surface area contributed by atoms with Crippen LogP contribution in [0.15, 0.2) is 59.5 Å². The van der Waals surface area contributed by atoms with E-state index in [4.69, 9.17) is 4.74 Å². The Labute approximate surface area is 201 Å². The van der Waals surface area contributed by atoms with Gasteiger partial charge in [0.25, 0.3) is 0 Å². The van der Waals surface area contributed by atoms with Gasteiger partial charge in [-0.1, -0.05) is 44.2 Å². The molecule has 34 heavy (non-hydrogen) atoms. The lowest BCUT2D eigenvalue weighted by Gasteiger charge is -2.34. The molecule has 1 aliphatic heterocycles. The van der Waals surface area contributed by atoms with Crippen LogP contribution in [-0.4, -0.2) is 55.9 Å². The van der Waals surface area contributed by atoms with Crippen molar-refractivity contribution < 1.29 is 22.7 Å². The van der Waals surface area contributed by atoms with Gasteiger partial charge in [-0.2, -0.15) is 4.31 Å². The summed E-state index contributed by atoms with van der Waals surface area (Å²) >= 11 is 0. The highest BCUT2D eigenvalue weighted by Gasteiger charge is 2.32. The number of nitrogens with one attached hydrogen (secondary N) is 2. The van der Waals surface area contributed by atoms with Crippen molar-refractivity contribution in [3.05, 3.63) is 60.2 Å². The highest BCUT2D eigenvalue weighted by molar-refractivity contribution is 7.89. The third-order valence-corrected chi connectivity index (χ3v) is 7.46. The van der Waals surface area contributed by atoms with Crippen LogP contribution in [0.2, 0.25) is 0 Å². The zero-order valence-corrected chi connectivity index (χ0v) is 20.8. The molecule has 1 heterocycles. The second-order valence-electron chi connectivity index (χ2n) is 9.04. The summed E-state index contributed by atoms with van der Waals surface area (Å²) in [6.07, 6.45) is -0.174. The van der Waals surface area contributed by atoms with Crippen LogP contribution >= 0.6 is 0 Å². The summed E-state index contributed by atoms with van der Waals surface area (Å²) in [5, 5.41) is 5.59. The highest BCUT2D eigenvalue weighted by Crippen LogP contribution is 2.22. The number of ether oxygens (including phenoxy) is 1. The SMILES string of the molecule is CC(C)[C@H](NC(=O)Cc1ccccc1)C(=O)Nc1ccc(S(=O)(=O)N2C[C@@H](C)O[C@H](C)C2)cc1. The first kappa shape index (κ1) is 25.9. The largest absolute Gasteiger partial charge is 0.373 e. The molecule has 0 bridgehead atoms. The van der Waals surface area contributed by atoms with Gasteiger partial charge in [-0.15, -0.1) is 0 Å². The summed E-state index contributed by atoms with van der Waals surface area (Å²) < 4.78 is 33.1. The number of carbonyl (C=O) groups is 2. The molecule has 0 unspecified atom stereocenters. The summed E-state index contributed by atoms with van der Waals surface area (Å²) in [6.45, 7) is 8.00. The predicted octanol–water partition coefficient (Wildman–Crippen LogP) is 2.81. The number of nitrogens with zero attached hydrogens (tertiary/aromatic N) is 1. The van der Waals surface area contributed by atoms with E-state index in [2.05, 4.69) is 10.6 Å². The van der Waals surface area contributed by atoms with Crippen molar-refractivity contribution >= 4 is 27.5 Å². The molecule has 8 nitrogen and oxygen atoms in total. The average molecular weight is 488 g/mol. The smallest absolute Gasteiger partial charge is 0.247 e. The minimum atomic E-state index is -3.66. The van der Waals surface area contributed by atoms with E-state index >= 15 is 0 Å². The third-order valence-electron chi connectivity index (χ3n) is 5.62. The Morgan fingerprint density at radius 3 is 2.15 bits per heavy atom. The lowest BCUT2D eigenvalue weighted by Crippen LogP contribution is -2.48. The van der Waals surface area contributed by atoms with Crippen LogP contribution in [0.1, 0.15) is 33.3 Å². The number of morpholine rings is 1. The van der Waals surface area contributed by atoms with Gasteiger partial charge in [0, 0.05) is 18.8 Å². The second kappa shape index (κ2) is 11.1. The van der Waals surface area contributed by atoms with Crippen molar-refractivity contribution in [1.82, 2.24) is 9.62 Å².